The van der Waals surface area contributed by atoms with E-state index in [9.17, 15) is 14.4 Å². The van der Waals surface area contributed by atoms with Crippen LogP contribution in [0.5, 0.6) is 0 Å². The summed E-state index contributed by atoms with van der Waals surface area (Å²) in [4.78, 5) is 43.9. The van der Waals surface area contributed by atoms with Gasteiger partial charge in [-0.3, -0.25) is 19.3 Å². The highest BCUT2D eigenvalue weighted by molar-refractivity contribution is 7.14. The molecule has 2 amide bonds. The van der Waals surface area contributed by atoms with Gasteiger partial charge in [-0.15, -0.1) is 11.3 Å². The van der Waals surface area contributed by atoms with Crippen molar-refractivity contribution in [1.29, 1.82) is 0 Å². The van der Waals surface area contributed by atoms with Gasteiger partial charge in [-0.25, -0.2) is 4.98 Å². The van der Waals surface area contributed by atoms with Crippen LogP contribution in [-0.4, -0.2) is 28.3 Å². The molecule has 0 spiro atoms. The fourth-order valence-corrected chi connectivity index (χ4v) is 7.96. The molecule has 4 aliphatic rings. The first-order valence-electron chi connectivity index (χ1n) is 12.5. The van der Waals surface area contributed by atoms with Crippen molar-refractivity contribution < 1.29 is 19.1 Å². The van der Waals surface area contributed by atoms with Crippen LogP contribution in [0.2, 0.25) is 0 Å². The number of nitrogens with zero attached hydrogens (tertiary/aromatic N) is 2. The van der Waals surface area contributed by atoms with Crippen molar-refractivity contribution in [1.82, 2.24) is 10.3 Å². The molecule has 35 heavy (non-hydrogen) atoms. The Morgan fingerprint density at radius 1 is 1.11 bits per heavy atom. The number of aryl methyl sites for hydroxylation is 1. The summed E-state index contributed by atoms with van der Waals surface area (Å²) in [7, 11) is 0. The summed E-state index contributed by atoms with van der Waals surface area (Å²) in [6.07, 6.45) is 6.37. The van der Waals surface area contributed by atoms with Gasteiger partial charge in [0.15, 0.2) is 5.13 Å². The second-order valence-electron chi connectivity index (χ2n) is 10.8. The number of ether oxygens (including phenoxy) is 1. The quantitative estimate of drug-likeness (QED) is 0.552. The highest BCUT2D eigenvalue weighted by Crippen LogP contribution is 2.62. The van der Waals surface area contributed by atoms with Crippen LogP contribution in [0.25, 0.3) is 0 Å². The van der Waals surface area contributed by atoms with E-state index in [4.69, 9.17) is 4.74 Å². The van der Waals surface area contributed by atoms with E-state index in [0.29, 0.717) is 29.1 Å². The largest absolute Gasteiger partial charge is 0.459 e. The fourth-order valence-electron chi connectivity index (χ4n) is 7.09. The number of esters is 1. The highest BCUT2D eigenvalue weighted by atomic mass is 32.1. The molecule has 4 bridgehead atoms. The van der Waals surface area contributed by atoms with Crippen LogP contribution in [0.1, 0.15) is 70.6 Å². The van der Waals surface area contributed by atoms with Gasteiger partial charge in [-0.05, 0) is 74.5 Å². The first-order valence-corrected chi connectivity index (χ1v) is 13.4. The molecule has 6 rings (SSSR count). The zero-order chi connectivity index (χ0) is 24.8. The Labute approximate surface area is 210 Å². The molecule has 1 aromatic heterocycles. The van der Waals surface area contributed by atoms with Crippen molar-refractivity contribution in [3.63, 3.8) is 0 Å². The smallest absolute Gasteiger partial charge is 0.312 e. The topological polar surface area (TPSA) is 88.6 Å². The van der Waals surface area contributed by atoms with E-state index < -0.39 is 5.41 Å². The first kappa shape index (κ1) is 24.0. The Hall–Kier alpha value is -2.74. The first-order chi connectivity index (χ1) is 16.7. The van der Waals surface area contributed by atoms with E-state index >= 15 is 0 Å². The summed E-state index contributed by atoms with van der Waals surface area (Å²) in [5, 5.41) is 5.60. The Kier molecular flexibility index (Phi) is 6.20. The van der Waals surface area contributed by atoms with Gasteiger partial charge in [0.25, 0.3) is 0 Å². The van der Waals surface area contributed by atoms with E-state index in [-0.39, 0.29) is 29.9 Å². The van der Waals surface area contributed by atoms with E-state index in [1.165, 1.54) is 23.8 Å². The summed E-state index contributed by atoms with van der Waals surface area (Å²) >= 11 is 1.36. The number of carbonyl (C=O) groups excluding carboxylic acids is 3. The van der Waals surface area contributed by atoms with Crippen LogP contribution in [-0.2, 0) is 32.1 Å². The second kappa shape index (κ2) is 9.04. The zero-order valence-electron chi connectivity index (χ0n) is 20.6. The molecule has 8 heteroatoms. The zero-order valence-corrected chi connectivity index (χ0v) is 21.5. The normalized spacial score (nSPS) is 28.5. The van der Waals surface area contributed by atoms with Gasteiger partial charge in [0.1, 0.15) is 6.61 Å². The molecule has 4 aliphatic carbocycles. The minimum absolute atomic E-state index is 0.0233. The number of nitrogens with one attached hydrogen (secondary N) is 1. The number of thiazole rings is 1. The van der Waals surface area contributed by atoms with Gasteiger partial charge in [0, 0.05) is 24.8 Å². The number of aromatic nitrogens is 1. The molecule has 2 unspecified atom stereocenters. The fraction of sp³-hybridized carbons (Fsp3) is 0.556. The second-order valence-corrected chi connectivity index (χ2v) is 11.6. The standard InChI is InChI=1S/C27H33N3O4S/c1-4-19-5-7-23(8-6-19)30(18(3)32)25-28-22(15-35-25)14-34-24(33)26-10-20-9-21(11-26)13-27(12-20,16-26)29-17(2)31/h5-8,15,20-21H,4,9-14,16H2,1-3H3,(H,29,31). The molecule has 0 aliphatic heterocycles. The van der Waals surface area contributed by atoms with E-state index in [1.54, 1.807) is 11.8 Å². The number of carbonyl (C=O) groups is 3. The molecule has 0 radical (unpaired) electrons. The van der Waals surface area contributed by atoms with Gasteiger partial charge in [0.05, 0.1) is 16.8 Å². The van der Waals surface area contributed by atoms with E-state index in [1.807, 2.05) is 29.6 Å². The summed E-state index contributed by atoms with van der Waals surface area (Å²) < 4.78 is 5.84. The molecule has 2 aromatic rings. The molecular weight excluding hydrogens is 462 g/mol. The average molecular weight is 496 g/mol. The predicted molar refractivity (Wildman–Crippen MR) is 134 cm³/mol. The lowest BCUT2D eigenvalue weighted by Gasteiger charge is -2.60. The Balaban J connectivity index is 1.28. The Morgan fingerprint density at radius 3 is 2.40 bits per heavy atom. The summed E-state index contributed by atoms with van der Waals surface area (Å²) in [6.45, 7) is 5.26. The van der Waals surface area contributed by atoms with Gasteiger partial charge < -0.3 is 10.1 Å². The lowest BCUT2D eigenvalue weighted by Crippen LogP contribution is -2.64. The van der Waals surface area contributed by atoms with Crippen LogP contribution in [0.15, 0.2) is 29.6 Å². The molecule has 7 nitrogen and oxygen atoms in total. The number of benzene rings is 1. The van der Waals surface area contributed by atoms with Crippen LogP contribution in [0, 0.1) is 17.3 Å². The van der Waals surface area contributed by atoms with Gasteiger partial charge >= 0.3 is 5.97 Å². The van der Waals surface area contributed by atoms with Gasteiger partial charge in [0.2, 0.25) is 11.8 Å². The van der Waals surface area contributed by atoms with E-state index in [0.717, 1.165) is 44.2 Å². The number of anilines is 2. The molecule has 186 valence electrons. The maximum absolute atomic E-state index is 13.4. The molecule has 0 saturated heterocycles. The van der Waals surface area contributed by atoms with Crippen molar-refractivity contribution >= 4 is 39.9 Å². The Morgan fingerprint density at radius 2 is 1.80 bits per heavy atom. The number of rotatable bonds is 7. The summed E-state index contributed by atoms with van der Waals surface area (Å²) in [5.41, 5.74) is 1.82. The average Bonchev–Trinajstić information content (AvgIpc) is 3.24. The maximum atomic E-state index is 13.4. The molecule has 4 saturated carbocycles. The van der Waals surface area contributed by atoms with Crippen LogP contribution < -0.4 is 10.2 Å². The van der Waals surface area contributed by atoms with Crippen LogP contribution in [0.4, 0.5) is 10.8 Å². The monoisotopic (exact) mass is 495 g/mol. The third kappa shape index (κ3) is 4.60. The van der Waals surface area contributed by atoms with Crippen molar-refractivity contribution in [3.8, 4) is 0 Å². The van der Waals surface area contributed by atoms with Crippen LogP contribution >= 0.6 is 11.3 Å². The molecule has 1 heterocycles. The van der Waals surface area contributed by atoms with Gasteiger partial charge in [-0.2, -0.15) is 0 Å². The lowest BCUT2D eigenvalue weighted by atomic mass is 9.47. The Bertz CT molecular complexity index is 1130. The van der Waals surface area contributed by atoms with Crippen molar-refractivity contribution in [2.45, 2.75) is 77.9 Å². The van der Waals surface area contributed by atoms with Crippen molar-refractivity contribution in [2.75, 3.05) is 4.90 Å². The van der Waals surface area contributed by atoms with Crippen molar-refractivity contribution in [2.24, 2.45) is 17.3 Å². The summed E-state index contributed by atoms with van der Waals surface area (Å²) in [5.74, 6) is 0.609. The molecule has 2 atom stereocenters. The van der Waals surface area contributed by atoms with Crippen LogP contribution in [0.3, 0.4) is 0 Å². The number of hydrogen-bond donors (Lipinski definition) is 1. The molecular formula is C27H33N3O4S. The number of hydrogen-bond acceptors (Lipinski definition) is 6. The third-order valence-electron chi connectivity index (χ3n) is 7.94. The highest BCUT2D eigenvalue weighted by Gasteiger charge is 2.61. The third-order valence-corrected chi connectivity index (χ3v) is 8.81. The minimum Gasteiger partial charge on any atom is -0.459 e. The number of amides is 2. The SMILES string of the molecule is CCc1ccc(N(C(C)=O)c2nc(COC(=O)C34CC5CC(CC(NC(C)=O)(C5)C3)C4)cs2)cc1. The predicted octanol–water partition coefficient (Wildman–Crippen LogP) is 4.91. The lowest BCUT2D eigenvalue weighted by molar-refractivity contribution is -0.177. The maximum Gasteiger partial charge on any atom is 0.312 e. The molecule has 1 aromatic carbocycles. The molecule has 4 fully saturated rings. The summed E-state index contributed by atoms with van der Waals surface area (Å²) in [6, 6.07) is 7.89. The minimum atomic E-state index is -0.516. The molecule has 1 N–H and O–H groups in total. The van der Waals surface area contributed by atoms with Gasteiger partial charge in [-0.1, -0.05) is 19.1 Å². The van der Waals surface area contributed by atoms with Crippen molar-refractivity contribution in [3.05, 3.63) is 40.9 Å². The van der Waals surface area contributed by atoms with E-state index in [2.05, 4.69) is 17.2 Å².